The van der Waals surface area contributed by atoms with E-state index < -0.39 is 9.84 Å². The molecule has 1 aliphatic rings. The average molecular weight is 327 g/mol. The molecule has 1 aromatic carbocycles. The Kier molecular flexibility index (Phi) is 3.97. The van der Waals surface area contributed by atoms with Gasteiger partial charge in [-0.25, -0.2) is 13.4 Å². The number of imidazole rings is 1. The van der Waals surface area contributed by atoms with Crippen LogP contribution in [0.15, 0.2) is 23.1 Å². The first-order valence-corrected chi connectivity index (χ1v) is 9.67. The second-order valence-corrected chi connectivity index (χ2v) is 8.07. The van der Waals surface area contributed by atoms with Crippen LogP contribution in [-0.4, -0.2) is 24.2 Å². The Morgan fingerprint density at radius 2 is 2.05 bits per heavy atom. The fourth-order valence-corrected chi connectivity index (χ4v) is 4.26. The lowest BCUT2D eigenvalue weighted by molar-refractivity contribution is 0.458. The lowest BCUT2D eigenvalue weighted by Crippen LogP contribution is -2.10. The van der Waals surface area contributed by atoms with Crippen LogP contribution in [0.5, 0.6) is 0 Å². The Morgan fingerprint density at radius 1 is 1.33 bits per heavy atom. The first-order chi connectivity index (χ1) is 10.0. The SMILES string of the molecule is CS(=O)(=O)c1cccc2c1nc(CCl)n2CC1CCCC1. The summed E-state index contributed by atoms with van der Waals surface area (Å²) in [6.07, 6.45) is 6.24. The Bertz CT molecular complexity index is 761. The fourth-order valence-electron chi connectivity index (χ4n) is 3.23. The molecule has 0 unspecified atom stereocenters. The van der Waals surface area contributed by atoms with Crippen molar-refractivity contribution in [1.82, 2.24) is 9.55 Å². The lowest BCUT2D eigenvalue weighted by atomic mass is 10.1. The van der Waals surface area contributed by atoms with E-state index in [1.54, 1.807) is 12.1 Å². The Hall–Kier alpha value is -1.07. The van der Waals surface area contributed by atoms with Crippen molar-refractivity contribution < 1.29 is 8.42 Å². The van der Waals surface area contributed by atoms with E-state index in [0.717, 1.165) is 17.9 Å². The maximum Gasteiger partial charge on any atom is 0.177 e. The van der Waals surface area contributed by atoms with Crippen LogP contribution in [0.3, 0.4) is 0 Å². The van der Waals surface area contributed by atoms with Gasteiger partial charge in [-0.1, -0.05) is 18.9 Å². The molecule has 0 aliphatic heterocycles. The van der Waals surface area contributed by atoms with Crippen molar-refractivity contribution in [2.24, 2.45) is 5.92 Å². The smallest absolute Gasteiger partial charge is 0.177 e. The predicted molar refractivity (Wildman–Crippen MR) is 84.4 cm³/mol. The molecular weight excluding hydrogens is 308 g/mol. The van der Waals surface area contributed by atoms with Gasteiger partial charge in [0.15, 0.2) is 9.84 Å². The molecule has 0 radical (unpaired) electrons. The number of fused-ring (bicyclic) bond motifs is 1. The summed E-state index contributed by atoms with van der Waals surface area (Å²) in [6, 6.07) is 5.33. The van der Waals surface area contributed by atoms with Crippen molar-refractivity contribution in [3.05, 3.63) is 24.0 Å². The van der Waals surface area contributed by atoms with Crippen LogP contribution in [-0.2, 0) is 22.3 Å². The van der Waals surface area contributed by atoms with E-state index in [2.05, 4.69) is 9.55 Å². The molecule has 0 spiro atoms. The Labute approximate surface area is 130 Å². The predicted octanol–water partition coefficient (Wildman–Crippen LogP) is 3.37. The highest BCUT2D eigenvalue weighted by atomic mass is 35.5. The van der Waals surface area contributed by atoms with Gasteiger partial charge in [0.25, 0.3) is 0 Å². The minimum atomic E-state index is -3.29. The van der Waals surface area contributed by atoms with Gasteiger partial charge in [0.2, 0.25) is 0 Å². The molecule has 21 heavy (non-hydrogen) atoms. The molecule has 0 N–H and O–H groups in total. The maximum atomic E-state index is 11.9. The standard InChI is InChI=1S/C15H19ClN2O2S/c1-21(19,20)13-8-4-7-12-15(13)17-14(9-16)18(12)10-11-5-2-3-6-11/h4,7-8,11H,2-3,5-6,9-10H2,1H3. The highest BCUT2D eigenvalue weighted by Crippen LogP contribution is 2.30. The van der Waals surface area contributed by atoms with Crippen molar-refractivity contribution in [3.63, 3.8) is 0 Å². The molecule has 6 heteroatoms. The van der Waals surface area contributed by atoms with Crippen LogP contribution in [0.25, 0.3) is 11.0 Å². The molecule has 0 bridgehead atoms. The molecule has 4 nitrogen and oxygen atoms in total. The number of alkyl halides is 1. The normalized spacial score (nSPS) is 16.9. The van der Waals surface area contributed by atoms with Gasteiger partial charge in [0, 0.05) is 12.8 Å². The van der Waals surface area contributed by atoms with Crippen LogP contribution >= 0.6 is 11.6 Å². The monoisotopic (exact) mass is 326 g/mol. The van der Waals surface area contributed by atoms with Crippen LogP contribution in [0.4, 0.5) is 0 Å². The van der Waals surface area contributed by atoms with Gasteiger partial charge >= 0.3 is 0 Å². The molecule has 3 rings (SSSR count). The van der Waals surface area contributed by atoms with Crippen LogP contribution in [0.1, 0.15) is 31.5 Å². The number of hydrogen-bond acceptors (Lipinski definition) is 3. The zero-order chi connectivity index (χ0) is 15.0. The van der Waals surface area contributed by atoms with E-state index in [1.807, 2.05) is 6.07 Å². The minimum absolute atomic E-state index is 0.288. The number of nitrogens with zero attached hydrogens (tertiary/aromatic N) is 2. The highest BCUT2D eigenvalue weighted by Gasteiger charge is 2.21. The van der Waals surface area contributed by atoms with Gasteiger partial charge in [-0.2, -0.15) is 0 Å². The number of benzene rings is 1. The topological polar surface area (TPSA) is 52.0 Å². The summed E-state index contributed by atoms with van der Waals surface area (Å²) in [6.45, 7) is 0.881. The summed E-state index contributed by atoms with van der Waals surface area (Å²) in [5, 5.41) is 0. The maximum absolute atomic E-state index is 11.9. The van der Waals surface area contributed by atoms with E-state index in [4.69, 9.17) is 11.6 Å². The quantitative estimate of drug-likeness (QED) is 0.809. The number of halogens is 1. The van der Waals surface area contributed by atoms with Gasteiger partial charge in [-0.15, -0.1) is 11.6 Å². The Morgan fingerprint density at radius 3 is 2.67 bits per heavy atom. The zero-order valence-electron chi connectivity index (χ0n) is 12.0. The van der Waals surface area contributed by atoms with Gasteiger partial charge in [-0.3, -0.25) is 0 Å². The number of rotatable bonds is 4. The largest absolute Gasteiger partial charge is 0.327 e. The summed E-state index contributed by atoms with van der Waals surface area (Å²) in [4.78, 5) is 4.78. The van der Waals surface area contributed by atoms with Crippen molar-refractivity contribution in [2.75, 3.05) is 6.26 Å². The first kappa shape index (κ1) is 14.9. The molecule has 1 fully saturated rings. The molecule has 1 saturated carbocycles. The van der Waals surface area contributed by atoms with Gasteiger partial charge < -0.3 is 4.57 Å². The zero-order valence-corrected chi connectivity index (χ0v) is 13.6. The average Bonchev–Trinajstić information content (AvgIpc) is 3.05. The van der Waals surface area contributed by atoms with Crippen molar-refractivity contribution in [1.29, 1.82) is 0 Å². The van der Waals surface area contributed by atoms with Crippen LogP contribution < -0.4 is 0 Å². The summed E-state index contributed by atoms with van der Waals surface area (Å²) >= 11 is 6.02. The number of para-hydroxylation sites is 1. The number of hydrogen-bond donors (Lipinski definition) is 0. The van der Waals surface area contributed by atoms with Gasteiger partial charge in [0.05, 0.1) is 16.3 Å². The molecular formula is C15H19ClN2O2S. The third-order valence-corrected chi connectivity index (χ3v) is 5.62. The molecule has 2 aromatic rings. The summed E-state index contributed by atoms with van der Waals surface area (Å²) in [7, 11) is -3.29. The van der Waals surface area contributed by atoms with E-state index in [1.165, 1.54) is 31.9 Å². The summed E-state index contributed by atoms with van der Waals surface area (Å²) < 4.78 is 25.9. The molecule has 1 aromatic heterocycles. The molecule has 0 atom stereocenters. The first-order valence-electron chi connectivity index (χ1n) is 7.25. The second kappa shape index (κ2) is 5.61. The summed E-state index contributed by atoms with van der Waals surface area (Å²) in [5.41, 5.74) is 1.43. The number of aromatic nitrogens is 2. The van der Waals surface area contributed by atoms with E-state index >= 15 is 0 Å². The van der Waals surface area contributed by atoms with E-state index in [0.29, 0.717) is 17.3 Å². The third kappa shape index (κ3) is 2.81. The molecule has 114 valence electrons. The van der Waals surface area contributed by atoms with Crippen molar-refractivity contribution in [2.45, 2.75) is 43.0 Å². The highest BCUT2D eigenvalue weighted by molar-refractivity contribution is 7.91. The minimum Gasteiger partial charge on any atom is -0.327 e. The third-order valence-electron chi connectivity index (χ3n) is 4.26. The van der Waals surface area contributed by atoms with E-state index in [9.17, 15) is 8.42 Å². The van der Waals surface area contributed by atoms with Crippen molar-refractivity contribution >= 4 is 32.5 Å². The summed E-state index contributed by atoms with van der Waals surface area (Å²) in [5.74, 6) is 1.70. The van der Waals surface area contributed by atoms with Crippen LogP contribution in [0.2, 0.25) is 0 Å². The van der Waals surface area contributed by atoms with Gasteiger partial charge in [0.1, 0.15) is 11.3 Å². The van der Waals surface area contributed by atoms with Crippen LogP contribution in [0, 0.1) is 5.92 Å². The molecule has 1 aliphatic carbocycles. The second-order valence-electron chi connectivity index (χ2n) is 5.82. The molecule has 1 heterocycles. The number of sulfone groups is 1. The fraction of sp³-hybridized carbons (Fsp3) is 0.533. The Balaban J connectivity index is 2.14. The van der Waals surface area contributed by atoms with Gasteiger partial charge in [-0.05, 0) is 30.9 Å². The van der Waals surface area contributed by atoms with E-state index in [-0.39, 0.29) is 4.90 Å². The molecule has 0 amide bonds. The lowest BCUT2D eigenvalue weighted by Gasteiger charge is -2.13. The van der Waals surface area contributed by atoms with Crippen molar-refractivity contribution in [3.8, 4) is 0 Å². The molecule has 0 saturated heterocycles.